The van der Waals surface area contributed by atoms with Crippen LogP contribution in [0.4, 0.5) is 4.39 Å². The Hall–Kier alpha value is -2.76. The first-order valence-corrected chi connectivity index (χ1v) is 5.87. The Labute approximate surface area is 113 Å². The molecule has 0 saturated carbocycles. The number of hydrogen-bond donors (Lipinski definition) is 0. The number of esters is 1. The Balaban J connectivity index is 2.19. The molecule has 0 saturated heterocycles. The Morgan fingerprint density at radius 1 is 1.30 bits per heavy atom. The fourth-order valence-electron chi connectivity index (χ4n) is 1.99. The predicted molar refractivity (Wildman–Crippen MR) is 70.2 cm³/mol. The lowest BCUT2D eigenvalue weighted by atomic mass is 10.2. The van der Waals surface area contributed by atoms with Gasteiger partial charge in [-0.25, -0.2) is 19.2 Å². The van der Waals surface area contributed by atoms with Crippen molar-refractivity contribution in [2.45, 2.75) is 0 Å². The molecular weight excluding hydrogens is 261 g/mol. The SMILES string of the molecule is COC(=O)c1ccnc(-n2cnc3cccc(F)c32)c1. The number of ether oxygens (including phenoxy) is 1. The molecule has 0 atom stereocenters. The Morgan fingerprint density at radius 2 is 2.15 bits per heavy atom. The fourth-order valence-corrected chi connectivity index (χ4v) is 1.99. The number of aromatic nitrogens is 3. The summed E-state index contributed by atoms with van der Waals surface area (Å²) in [5.74, 6) is -0.468. The molecule has 2 aromatic heterocycles. The van der Waals surface area contributed by atoms with Crippen LogP contribution in [0, 0.1) is 5.82 Å². The van der Waals surface area contributed by atoms with Gasteiger partial charge in [-0.2, -0.15) is 0 Å². The maximum Gasteiger partial charge on any atom is 0.338 e. The second kappa shape index (κ2) is 4.73. The van der Waals surface area contributed by atoms with Gasteiger partial charge in [0, 0.05) is 6.20 Å². The van der Waals surface area contributed by atoms with E-state index < -0.39 is 11.8 Å². The highest BCUT2D eigenvalue weighted by Gasteiger charge is 2.12. The minimum atomic E-state index is -0.474. The number of carbonyl (C=O) groups excluding carboxylic acids is 1. The summed E-state index contributed by atoms with van der Waals surface area (Å²) in [4.78, 5) is 19.8. The van der Waals surface area contributed by atoms with E-state index in [1.54, 1.807) is 12.1 Å². The lowest BCUT2D eigenvalue weighted by Crippen LogP contribution is -2.04. The first kappa shape index (κ1) is 12.3. The Kier molecular flexibility index (Phi) is 2.90. The number of pyridine rings is 1. The zero-order valence-corrected chi connectivity index (χ0v) is 10.6. The molecule has 1 aromatic carbocycles. The molecule has 0 spiro atoms. The van der Waals surface area contributed by atoms with Crippen LogP contribution < -0.4 is 0 Å². The van der Waals surface area contributed by atoms with Crippen LogP contribution in [0.1, 0.15) is 10.4 Å². The van der Waals surface area contributed by atoms with E-state index in [4.69, 9.17) is 0 Å². The van der Waals surface area contributed by atoms with Crippen molar-refractivity contribution in [2.24, 2.45) is 0 Å². The second-order valence-corrected chi connectivity index (χ2v) is 4.12. The van der Waals surface area contributed by atoms with E-state index in [9.17, 15) is 9.18 Å². The lowest BCUT2D eigenvalue weighted by molar-refractivity contribution is 0.0600. The molecule has 3 rings (SSSR count). The van der Waals surface area contributed by atoms with Gasteiger partial charge in [-0.05, 0) is 24.3 Å². The molecule has 0 aliphatic carbocycles. The number of imidazole rings is 1. The van der Waals surface area contributed by atoms with Crippen LogP contribution in [0.25, 0.3) is 16.9 Å². The molecule has 5 nitrogen and oxygen atoms in total. The number of methoxy groups -OCH3 is 1. The van der Waals surface area contributed by atoms with Crippen molar-refractivity contribution in [1.82, 2.24) is 14.5 Å². The van der Waals surface area contributed by atoms with Crippen molar-refractivity contribution in [3.05, 3.63) is 54.2 Å². The van der Waals surface area contributed by atoms with Crippen LogP contribution in [0.5, 0.6) is 0 Å². The number of nitrogens with zero attached hydrogens (tertiary/aromatic N) is 3. The highest BCUT2D eigenvalue weighted by atomic mass is 19.1. The molecule has 0 bridgehead atoms. The van der Waals surface area contributed by atoms with Crippen molar-refractivity contribution < 1.29 is 13.9 Å². The molecule has 0 N–H and O–H groups in total. The van der Waals surface area contributed by atoms with Gasteiger partial charge in [-0.15, -0.1) is 0 Å². The van der Waals surface area contributed by atoms with E-state index in [0.717, 1.165) is 0 Å². The largest absolute Gasteiger partial charge is 0.465 e. The van der Waals surface area contributed by atoms with Gasteiger partial charge in [0.15, 0.2) is 0 Å². The molecule has 0 fully saturated rings. The summed E-state index contributed by atoms with van der Waals surface area (Å²) < 4.78 is 20.1. The third-order valence-electron chi connectivity index (χ3n) is 2.93. The molecule has 20 heavy (non-hydrogen) atoms. The maximum absolute atomic E-state index is 13.9. The molecule has 0 aliphatic rings. The number of fused-ring (bicyclic) bond motifs is 1. The van der Waals surface area contributed by atoms with Crippen LogP contribution in [0.15, 0.2) is 42.9 Å². The van der Waals surface area contributed by atoms with E-state index in [1.807, 2.05) is 0 Å². The van der Waals surface area contributed by atoms with Crippen LogP contribution in [0.3, 0.4) is 0 Å². The van der Waals surface area contributed by atoms with E-state index >= 15 is 0 Å². The number of halogens is 1. The van der Waals surface area contributed by atoms with Gasteiger partial charge in [0.25, 0.3) is 0 Å². The van der Waals surface area contributed by atoms with Crippen LogP contribution in [0.2, 0.25) is 0 Å². The topological polar surface area (TPSA) is 57.0 Å². The summed E-state index contributed by atoms with van der Waals surface area (Å²) in [5.41, 5.74) is 1.19. The number of para-hydroxylation sites is 1. The van der Waals surface area contributed by atoms with Crippen LogP contribution >= 0.6 is 0 Å². The molecule has 3 aromatic rings. The summed E-state index contributed by atoms with van der Waals surface area (Å²) >= 11 is 0. The highest BCUT2D eigenvalue weighted by Crippen LogP contribution is 2.20. The smallest absolute Gasteiger partial charge is 0.338 e. The van der Waals surface area contributed by atoms with Gasteiger partial charge in [0.1, 0.15) is 23.5 Å². The van der Waals surface area contributed by atoms with Crippen molar-refractivity contribution in [2.75, 3.05) is 7.11 Å². The summed E-state index contributed by atoms with van der Waals surface area (Å²) in [5, 5.41) is 0. The fraction of sp³-hybridized carbons (Fsp3) is 0.0714. The summed E-state index contributed by atoms with van der Waals surface area (Å²) in [6.45, 7) is 0. The minimum absolute atomic E-state index is 0.321. The molecule has 2 heterocycles. The Morgan fingerprint density at radius 3 is 2.95 bits per heavy atom. The maximum atomic E-state index is 13.9. The molecule has 0 unspecified atom stereocenters. The van der Waals surface area contributed by atoms with Crippen molar-refractivity contribution in [1.29, 1.82) is 0 Å². The predicted octanol–water partition coefficient (Wildman–Crippen LogP) is 2.35. The number of rotatable bonds is 2. The molecule has 0 amide bonds. The van der Waals surface area contributed by atoms with Crippen LogP contribution in [-0.4, -0.2) is 27.6 Å². The average molecular weight is 271 g/mol. The number of hydrogen-bond acceptors (Lipinski definition) is 4. The zero-order valence-electron chi connectivity index (χ0n) is 10.6. The lowest BCUT2D eigenvalue weighted by Gasteiger charge is -2.05. The summed E-state index contributed by atoms with van der Waals surface area (Å²) in [7, 11) is 1.30. The molecule has 0 radical (unpaired) electrons. The summed E-state index contributed by atoms with van der Waals surface area (Å²) in [6.07, 6.45) is 2.94. The monoisotopic (exact) mass is 271 g/mol. The first-order valence-electron chi connectivity index (χ1n) is 5.87. The summed E-state index contributed by atoms with van der Waals surface area (Å²) in [6, 6.07) is 7.71. The first-order chi connectivity index (χ1) is 9.70. The third kappa shape index (κ3) is 1.91. The molecule has 100 valence electrons. The number of carbonyl (C=O) groups is 1. The third-order valence-corrected chi connectivity index (χ3v) is 2.93. The zero-order chi connectivity index (χ0) is 14.1. The van der Waals surface area contributed by atoms with Gasteiger partial charge in [-0.1, -0.05) is 6.07 Å². The highest BCUT2D eigenvalue weighted by molar-refractivity contribution is 5.89. The van der Waals surface area contributed by atoms with Gasteiger partial charge in [0.2, 0.25) is 0 Å². The standard InChI is InChI=1S/C14H10FN3O2/c1-20-14(19)9-5-6-16-12(7-9)18-8-17-11-4-2-3-10(15)13(11)18/h2-8H,1H3. The van der Waals surface area contributed by atoms with Gasteiger partial charge in [-0.3, -0.25) is 4.57 Å². The van der Waals surface area contributed by atoms with E-state index in [1.165, 1.54) is 42.4 Å². The van der Waals surface area contributed by atoms with Crippen molar-refractivity contribution in [3.8, 4) is 5.82 Å². The minimum Gasteiger partial charge on any atom is -0.465 e. The molecular formula is C14H10FN3O2. The van der Waals surface area contributed by atoms with E-state index in [-0.39, 0.29) is 0 Å². The average Bonchev–Trinajstić information content (AvgIpc) is 2.92. The van der Waals surface area contributed by atoms with Gasteiger partial charge in [0.05, 0.1) is 18.2 Å². The second-order valence-electron chi connectivity index (χ2n) is 4.12. The van der Waals surface area contributed by atoms with Crippen LogP contribution in [-0.2, 0) is 4.74 Å². The Bertz CT molecular complexity index is 798. The van der Waals surface area contributed by atoms with Gasteiger partial charge < -0.3 is 4.74 Å². The molecule has 6 heteroatoms. The van der Waals surface area contributed by atoms with Crippen molar-refractivity contribution in [3.63, 3.8) is 0 Å². The van der Waals surface area contributed by atoms with E-state index in [2.05, 4.69) is 14.7 Å². The quantitative estimate of drug-likeness (QED) is 0.671. The molecule has 0 aliphatic heterocycles. The number of benzene rings is 1. The normalized spacial score (nSPS) is 10.7. The van der Waals surface area contributed by atoms with Crippen molar-refractivity contribution >= 4 is 17.0 Å². The van der Waals surface area contributed by atoms with E-state index in [0.29, 0.717) is 22.4 Å². The van der Waals surface area contributed by atoms with Gasteiger partial charge >= 0.3 is 5.97 Å².